The first-order chi connectivity index (χ1) is 15.6. The van der Waals surface area contributed by atoms with Crippen LogP contribution in [0, 0.1) is 0 Å². The highest BCUT2D eigenvalue weighted by atomic mass is 32.2. The first kappa shape index (κ1) is 22.6. The van der Waals surface area contributed by atoms with Gasteiger partial charge in [0, 0.05) is 5.56 Å². The average molecular weight is 472 g/mol. The number of fused-ring (bicyclic) bond motifs is 1. The normalized spacial score (nSPS) is 12.5. The molecule has 0 amide bonds. The van der Waals surface area contributed by atoms with Crippen LogP contribution in [-0.4, -0.2) is 24.1 Å². The Kier molecular flexibility index (Phi) is 5.99. The average Bonchev–Trinajstić information content (AvgIpc) is 3.20. The van der Waals surface area contributed by atoms with Crippen molar-refractivity contribution >= 4 is 38.9 Å². The molecular formula is C24H20F3N3O2S. The monoisotopic (exact) mass is 471 g/mol. The molecule has 4 aromatic rings. The molecule has 0 saturated heterocycles. The molecule has 3 aromatic carbocycles. The molecule has 0 fully saturated rings. The maximum absolute atomic E-state index is 12.7. The van der Waals surface area contributed by atoms with Crippen molar-refractivity contribution in [2.45, 2.75) is 13.1 Å². The Morgan fingerprint density at radius 2 is 1.73 bits per heavy atom. The van der Waals surface area contributed by atoms with E-state index in [4.69, 9.17) is 0 Å². The lowest BCUT2D eigenvalue weighted by Crippen LogP contribution is -2.15. The van der Waals surface area contributed by atoms with Gasteiger partial charge in [-0.3, -0.25) is 4.72 Å². The van der Waals surface area contributed by atoms with Crippen LogP contribution in [0.2, 0.25) is 0 Å². The number of H-pyrrole nitrogens is 1. The first-order valence-corrected chi connectivity index (χ1v) is 11.7. The maximum Gasteiger partial charge on any atom is 0.416 e. The lowest BCUT2D eigenvalue weighted by atomic mass is 10.0. The minimum absolute atomic E-state index is 0.0322. The molecule has 4 rings (SSSR count). The number of hydrogen-bond donors (Lipinski definition) is 2. The molecule has 0 spiro atoms. The zero-order chi connectivity index (χ0) is 23.6. The van der Waals surface area contributed by atoms with Crippen LogP contribution in [0.4, 0.5) is 18.9 Å². The van der Waals surface area contributed by atoms with E-state index in [9.17, 15) is 21.6 Å². The highest BCUT2D eigenvalue weighted by molar-refractivity contribution is 7.92. The number of benzene rings is 3. The van der Waals surface area contributed by atoms with Gasteiger partial charge in [-0.15, -0.1) is 0 Å². The van der Waals surface area contributed by atoms with Crippen molar-refractivity contribution in [3.63, 3.8) is 0 Å². The van der Waals surface area contributed by atoms with Gasteiger partial charge in [0.2, 0.25) is 10.0 Å². The summed E-state index contributed by atoms with van der Waals surface area (Å²) in [4.78, 5) is 7.65. The molecule has 5 nitrogen and oxygen atoms in total. The Morgan fingerprint density at radius 3 is 2.42 bits per heavy atom. The SMILES string of the molecule is CCS(=O)(=O)Nc1ccccc1-c1ccc2nc(C=Cc3ccc(C(F)(F)F)cc3)[nH]c2c1. The van der Waals surface area contributed by atoms with E-state index in [0.717, 1.165) is 28.8 Å². The maximum atomic E-state index is 12.7. The van der Waals surface area contributed by atoms with Crippen LogP contribution < -0.4 is 4.72 Å². The van der Waals surface area contributed by atoms with Crippen molar-refractivity contribution in [1.29, 1.82) is 0 Å². The zero-order valence-corrected chi connectivity index (χ0v) is 18.3. The number of sulfonamides is 1. The lowest BCUT2D eigenvalue weighted by Gasteiger charge is -2.12. The van der Waals surface area contributed by atoms with E-state index in [0.29, 0.717) is 22.6 Å². The molecule has 1 heterocycles. The summed E-state index contributed by atoms with van der Waals surface area (Å²) in [5, 5.41) is 0. The third-order valence-electron chi connectivity index (χ3n) is 5.06. The molecule has 0 saturated carbocycles. The van der Waals surface area contributed by atoms with Crippen molar-refractivity contribution in [3.8, 4) is 11.1 Å². The minimum Gasteiger partial charge on any atom is -0.338 e. The predicted molar refractivity (Wildman–Crippen MR) is 125 cm³/mol. The number of anilines is 1. The second-order valence-corrected chi connectivity index (χ2v) is 9.37. The van der Waals surface area contributed by atoms with Crippen molar-refractivity contribution in [2.24, 2.45) is 0 Å². The fourth-order valence-electron chi connectivity index (χ4n) is 3.30. The quantitative estimate of drug-likeness (QED) is 0.353. The fraction of sp³-hybridized carbons (Fsp3) is 0.125. The number of aromatic amines is 1. The summed E-state index contributed by atoms with van der Waals surface area (Å²) in [7, 11) is -3.43. The Balaban J connectivity index is 1.61. The van der Waals surface area contributed by atoms with Crippen molar-refractivity contribution in [1.82, 2.24) is 9.97 Å². The summed E-state index contributed by atoms with van der Waals surface area (Å²) in [5.74, 6) is 0.511. The number of imidazole rings is 1. The molecule has 0 aliphatic rings. The first-order valence-electron chi connectivity index (χ1n) is 10.1. The number of hydrogen-bond acceptors (Lipinski definition) is 3. The second kappa shape index (κ2) is 8.74. The number of rotatable bonds is 6. The molecule has 9 heteroatoms. The van der Waals surface area contributed by atoms with Gasteiger partial charge in [-0.05, 0) is 54.5 Å². The number of nitrogens with zero attached hydrogens (tertiary/aromatic N) is 1. The van der Waals surface area contributed by atoms with Crippen molar-refractivity contribution in [2.75, 3.05) is 10.5 Å². The number of halogens is 3. The molecule has 1 aromatic heterocycles. The molecule has 2 N–H and O–H groups in total. The van der Waals surface area contributed by atoms with E-state index < -0.39 is 21.8 Å². The van der Waals surface area contributed by atoms with Crippen LogP contribution in [0.15, 0.2) is 66.7 Å². The summed E-state index contributed by atoms with van der Waals surface area (Å²) in [6.07, 6.45) is -1.01. The topological polar surface area (TPSA) is 74.8 Å². The van der Waals surface area contributed by atoms with Gasteiger partial charge in [-0.2, -0.15) is 13.2 Å². The summed E-state index contributed by atoms with van der Waals surface area (Å²) < 4.78 is 64.8. The van der Waals surface area contributed by atoms with Crippen molar-refractivity contribution in [3.05, 3.63) is 83.7 Å². The van der Waals surface area contributed by atoms with Crippen LogP contribution >= 0.6 is 0 Å². The van der Waals surface area contributed by atoms with E-state index in [2.05, 4.69) is 14.7 Å². The molecule has 0 aliphatic heterocycles. The van der Waals surface area contributed by atoms with E-state index in [1.165, 1.54) is 12.1 Å². The smallest absolute Gasteiger partial charge is 0.338 e. The Labute approximate surface area is 189 Å². The summed E-state index contributed by atoms with van der Waals surface area (Å²) in [6.45, 7) is 1.57. The van der Waals surface area contributed by atoms with Gasteiger partial charge in [0.25, 0.3) is 0 Å². The molecule has 0 aliphatic carbocycles. The van der Waals surface area contributed by atoms with Gasteiger partial charge in [-0.1, -0.05) is 42.5 Å². The highest BCUT2D eigenvalue weighted by Crippen LogP contribution is 2.31. The largest absolute Gasteiger partial charge is 0.416 e. The predicted octanol–water partition coefficient (Wildman–Crippen LogP) is 6.18. The van der Waals surface area contributed by atoms with E-state index >= 15 is 0 Å². The van der Waals surface area contributed by atoms with Crippen LogP contribution in [0.25, 0.3) is 34.3 Å². The number of para-hydroxylation sites is 1. The van der Waals surface area contributed by atoms with Crippen LogP contribution in [0.5, 0.6) is 0 Å². The van der Waals surface area contributed by atoms with Crippen molar-refractivity contribution < 1.29 is 21.6 Å². The lowest BCUT2D eigenvalue weighted by molar-refractivity contribution is -0.137. The number of aromatic nitrogens is 2. The third-order valence-corrected chi connectivity index (χ3v) is 6.35. The van der Waals surface area contributed by atoms with Crippen LogP contribution in [0.1, 0.15) is 23.9 Å². The number of nitrogens with one attached hydrogen (secondary N) is 2. The molecule has 170 valence electrons. The van der Waals surface area contributed by atoms with E-state index in [1.54, 1.807) is 31.2 Å². The third kappa shape index (κ3) is 5.25. The highest BCUT2D eigenvalue weighted by Gasteiger charge is 2.29. The molecule has 0 radical (unpaired) electrons. The Bertz CT molecular complexity index is 1420. The van der Waals surface area contributed by atoms with Crippen LogP contribution in [0.3, 0.4) is 0 Å². The van der Waals surface area contributed by atoms with Gasteiger partial charge >= 0.3 is 6.18 Å². The Hall–Kier alpha value is -3.59. The molecule has 0 unspecified atom stereocenters. The summed E-state index contributed by atoms with van der Waals surface area (Å²) in [6, 6.07) is 17.5. The molecule has 0 atom stereocenters. The summed E-state index contributed by atoms with van der Waals surface area (Å²) >= 11 is 0. The van der Waals surface area contributed by atoms with Crippen LogP contribution in [-0.2, 0) is 16.2 Å². The van der Waals surface area contributed by atoms with Gasteiger partial charge in [-0.25, -0.2) is 13.4 Å². The van der Waals surface area contributed by atoms with Gasteiger partial charge in [0.05, 0.1) is 28.0 Å². The standard InChI is InChI=1S/C24H20F3N3O2S/c1-2-33(31,32)30-20-6-4-3-5-19(20)17-10-13-21-22(15-17)29-23(28-21)14-9-16-7-11-18(12-8-16)24(25,26)27/h3-15,30H,2H2,1H3,(H,28,29). The van der Waals surface area contributed by atoms with Gasteiger partial charge in [0.15, 0.2) is 0 Å². The van der Waals surface area contributed by atoms with Gasteiger partial charge < -0.3 is 4.98 Å². The number of alkyl halides is 3. The summed E-state index contributed by atoms with van der Waals surface area (Å²) in [5.41, 5.74) is 3.39. The molecular weight excluding hydrogens is 451 g/mol. The van der Waals surface area contributed by atoms with E-state index in [-0.39, 0.29) is 5.75 Å². The fourth-order valence-corrected chi connectivity index (χ4v) is 3.96. The zero-order valence-electron chi connectivity index (χ0n) is 17.5. The second-order valence-electron chi connectivity index (χ2n) is 7.36. The van der Waals surface area contributed by atoms with E-state index in [1.807, 2.05) is 30.3 Å². The Morgan fingerprint density at radius 1 is 1.00 bits per heavy atom. The van der Waals surface area contributed by atoms with Gasteiger partial charge in [0.1, 0.15) is 5.82 Å². The molecule has 0 bridgehead atoms. The molecule has 33 heavy (non-hydrogen) atoms. The minimum atomic E-state index is -4.37.